The van der Waals surface area contributed by atoms with Gasteiger partial charge >= 0.3 is 5.97 Å². The number of carboxylic acid groups (broad SMARTS) is 1. The summed E-state index contributed by atoms with van der Waals surface area (Å²) in [5.74, 6) is -1.22. The van der Waals surface area contributed by atoms with Crippen LogP contribution in [0.2, 0.25) is 0 Å². The molecule has 0 aliphatic carbocycles. The van der Waals surface area contributed by atoms with E-state index in [1.54, 1.807) is 0 Å². The van der Waals surface area contributed by atoms with Crippen LogP contribution in [0.3, 0.4) is 0 Å². The normalized spacial score (nSPS) is 24.7. The Balaban J connectivity index is 2.59. The van der Waals surface area contributed by atoms with Crippen molar-refractivity contribution in [1.29, 1.82) is 0 Å². The van der Waals surface area contributed by atoms with Gasteiger partial charge in [-0.1, -0.05) is 6.92 Å². The van der Waals surface area contributed by atoms with Gasteiger partial charge in [-0.05, 0) is 18.8 Å². The van der Waals surface area contributed by atoms with Crippen LogP contribution in [0.5, 0.6) is 0 Å². The zero-order chi connectivity index (χ0) is 12.8. The van der Waals surface area contributed by atoms with E-state index in [9.17, 15) is 9.59 Å². The van der Waals surface area contributed by atoms with E-state index in [0.717, 1.165) is 12.8 Å². The van der Waals surface area contributed by atoms with Crippen LogP contribution >= 0.6 is 0 Å². The lowest BCUT2D eigenvalue weighted by molar-refractivity contribution is -0.156. The zero-order valence-electron chi connectivity index (χ0n) is 10.1. The van der Waals surface area contributed by atoms with Gasteiger partial charge < -0.3 is 20.5 Å². The first-order valence-electron chi connectivity index (χ1n) is 5.88. The predicted molar refractivity (Wildman–Crippen MR) is 61.4 cm³/mol. The number of nitrogens with two attached hydrogens (primary N) is 1. The molecule has 2 atom stereocenters. The van der Waals surface area contributed by atoms with Gasteiger partial charge in [0.1, 0.15) is 12.6 Å². The molecule has 1 rings (SSSR count). The molecule has 0 saturated carbocycles. The highest BCUT2D eigenvalue weighted by molar-refractivity contribution is 5.84. The van der Waals surface area contributed by atoms with Crippen LogP contribution in [-0.2, 0) is 14.3 Å². The number of carboxylic acids is 1. The van der Waals surface area contributed by atoms with E-state index in [1.165, 1.54) is 4.90 Å². The monoisotopic (exact) mass is 244 g/mol. The summed E-state index contributed by atoms with van der Waals surface area (Å²) in [6.45, 7) is 2.93. The van der Waals surface area contributed by atoms with Crippen LogP contribution in [0.4, 0.5) is 0 Å². The standard InChI is InChI=1S/C11H20N2O4/c1-8-3-2-5-13(10(8)11(15)16)9(14)7-17-6-4-12/h8,10H,2-7,12H2,1H3,(H,15,16). The number of aliphatic carboxylic acids is 1. The Morgan fingerprint density at radius 2 is 2.24 bits per heavy atom. The highest BCUT2D eigenvalue weighted by atomic mass is 16.5. The summed E-state index contributed by atoms with van der Waals surface area (Å²) in [6.07, 6.45) is 1.68. The lowest BCUT2D eigenvalue weighted by Crippen LogP contribution is -2.53. The maximum atomic E-state index is 11.8. The highest BCUT2D eigenvalue weighted by Gasteiger charge is 2.36. The summed E-state index contributed by atoms with van der Waals surface area (Å²) in [5, 5.41) is 9.14. The highest BCUT2D eigenvalue weighted by Crippen LogP contribution is 2.23. The molecule has 1 saturated heterocycles. The second-order valence-corrected chi connectivity index (χ2v) is 4.33. The molecule has 98 valence electrons. The van der Waals surface area contributed by atoms with Gasteiger partial charge in [0.05, 0.1) is 6.61 Å². The van der Waals surface area contributed by atoms with Crippen LogP contribution in [0, 0.1) is 5.92 Å². The Hall–Kier alpha value is -1.14. The smallest absolute Gasteiger partial charge is 0.326 e. The predicted octanol–water partition coefficient (Wildman–Crippen LogP) is -0.327. The number of hydrogen-bond donors (Lipinski definition) is 2. The lowest BCUT2D eigenvalue weighted by Gasteiger charge is -2.37. The molecule has 17 heavy (non-hydrogen) atoms. The molecule has 3 N–H and O–H groups in total. The van der Waals surface area contributed by atoms with E-state index < -0.39 is 12.0 Å². The molecule has 0 radical (unpaired) electrons. The van der Waals surface area contributed by atoms with Crippen molar-refractivity contribution >= 4 is 11.9 Å². The summed E-state index contributed by atoms with van der Waals surface area (Å²) in [5.41, 5.74) is 5.25. The number of ether oxygens (including phenoxy) is 1. The molecule has 0 aromatic heterocycles. The summed E-state index contributed by atoms with van der Waals surface area (Å²) in [7, 11) is 0. The van der Waals surface area contributed by atoms with Crippen LogP contribution in [-0.4, -0.2) is 54.2 Å². The first-order chi connectivity index (χ1) is 8.07. The van der Waals surface area contributed by atoms with Gasteiger partial charge in [0, 0.05) is 13.1 Å². The van der Waals surface area contributed by atoms with Gasteiger partial charge in [0.25, 0.3) is 0 Å². The van der Waals surface area contributed by atoms with Crippen molar-refractivity contribution in [2.24, 2.45) is 11.7 Å². The van der Waals surface area contributed by atoms with Crippen molar-refractivity contribution in [2.75, 3.05) is 26.3 Å². The molecule has 1 aliphatic heterocycles. The van der Waals surface area contributed by atoms with Crippen LogP contribution in [0.25, 0.3) is 0 Å². The number of hydrogen-bond acceptors (Lipinski definition) is 4. The van der Waals surface area contributed by atoms with Crippen molar-refractivity contribution < 1.29 is 19.4 Å². The summed E-state index contributed by atoms with van der Waals surface area (Å²) in [6, 6.07) is -0.724. The lowest BCUT2D eigenvalue weighted by atomic mass is 9.91. The van der Waals surface area contributed by atoms with Crippen LogP contribution < -0.4 is 5.73 Å². The Labute approximate surface area is 101 Å². The molecule has 0 spiro atoms. The van der Waals surface area contributed by atoms with Crippen LogP contribution in [0.15, 0.2) is 0 Å². The van der Waals surface area contributed by atoms with E-state index in [1.807, 2.05) is 6.92 Å². The molecule has 1 heterocycles. The number of piperidine rings is 1. The van der Waals surface area contributed by atoms with E-state index in [-0.39, 0.29) is 18.4 Å². The van der Waals surface area contributed by atoms with Crippen molar-refractivity contribution in [2.45, 2.75) is 25.8 Å². The van der Waals surface area contributed by atoms with Crippen LogP contribution in [0.1, 0.15) is 19.8 Å². The van der Waals surface area contributed by atoms with Crippen molar-refractivity contribution in [3.05, 3.63) is 0 Å². The Morgan fingerprint density at radius 1 is 1.53 bits per heavy atom. The first kappa shape index (κ1) is 13.9. The number of rotatable bonds is 5. The molecular weight excluding hydrogens is 224 g/mol. The van der Waals surface area contributed by atoms with Gasteiger partial charge in [-0.3, -0.25) is 4.79 Å². The second-order valence-electron chi connectivity index (χ2n) is 4.33. The molecule has 1 fully saturated rings. The number of likely N-dealkylation sites (tertiary alicyclic amines) is 1. The zero-order valence-corrected chi connectivity index (χ0v) is 10.1. The van der Waals surface area contributed by atoms with Crippen molar-refractivity contribution in [3.63, 3.8) is 0 Å². The summed E-state index contributed by atoms with van der Waals surface area (Å²) >= 11 is 0. The fraction of sp³-hybridized carbons (Fsp3) is 0.818. The quantitative estimate of drug-likeness (QED) is 0.646. The number of nitrogens with zero attached hydrogens (tertiary/aromatic N) is 1. The summed E-state index contributed by atoms with van der Waals surface area (Å²) < 4.78 is 5.05. The third kappa shape index (κ3) is 3.67. The van der Waals surface area contributed by atoms with Gasteiger partial charge in [-0.25, -0.2) is 4.79 Å². The van der Waals surface area contributed by atoms with Gasteiger partial charge in [-0.2, -0.15) is 0 Å². The Morgan fingerprint density at radius 3 is 2.82 bits per heavy atom. The molecule has 0 bridgehead atoms. The minimum Gasteiger partial charge on any atom is -0.480 e. The largest absolute Gasteiger partial charge is 0.480 e. The molecule has 1 aliphatic rings. The first-order valence-corrected chi connectivity index (χ1v) is 5.88. The topological polar surface area (TPSA) is 92.9 Å². The third-order valence-electron chi connectivity index (χ3n) is 2.99. The van der Waals surface area contributed by atoms with E-state index >= 15 is 0 Å². The maximum Gasteiger partial charge on any atom is 0.326 e. The summed E-state index contributed by atoms with van der Waals surface area (Å²) in [4.78, 5) is 24.4. The molecule has 6 nitrogen and oxygen atoms in total. The second kappa shape index (κ2) is 6.56. The molecule has 2 unspecified atom stereocenters. The Kier molecular flexibility index (Phi) is 5.37. The van der Waals surface area contributed by atoms with E-state index in [2.05, 4.69) is 0 Å². The SMILES string of the molecule is CC1CCCN(C(=O)COCCN)C1C(=O)O. The van der Waals surface area contributed by atoms with Crippen molar-refractivity contribution in [1.82, 2.24) is 4.90 Å². The number of carbonyl (C=O) groups excluding carboxylic acids is 1. The van der Waals surface area contributed by atoms with Gasteiger partial charge in [0.2, 0.25) is 5.91 Å². The molecule has 1 amide bonds. The van der Waals surface area contributed by atoms with Gasteiger partial charge in [-0.15, -0.1) is 0 Å². The Bertz CT molecular complexity index is 283. The number of amides is 1. The number of carbonyl (C=O) groups is 2. The fourth-order valence-electron chi connectivity index (χ4n) is 2.17. The average Bonchev–Trinajstić information content (AvgIpc) is 2.28. The minimum absolute atomic E-state index is 0.0142. The molecule has 6 heteroatoms. The maximum absolute atomic E-state index is 11.8. The molecule has 0 aromatic rings. The molecule has 0 aromatic carbocycles. The third-order valence-corrected chi connectivity index (χ3v) is 2.99. The van der Waals surface area contributed by atoms with Gasteiger partial charge in [0.15, 0.2) is 0 Å². The fourth-order valence-corrected chi connectivity index (χ4v) is 2.17. The molecular formula is C11H20N2O4. The van der Waals surface area contributed by atoms with Crippen molar-refractivity contribution in [3.8, 4) is 0 Å². The van der Waals surface area contributed by atoms with E-state index in [0.29, 0.717) is 19.7 Å². The van der Waals surface area contributed by atoms with E-state index in [4.69, 9.17) is 15.6 Å². The average molecular weight is 244 g/mol. The minimum atomic E-state index is -0.940.